The fourth-order valence-corrected chi connectivity index (χ4v) is 3.44. The van der Waals surface area contributed by atoms with Gasteiger partial charge < -0.3 is 9.64 Å². The number of rotatable bonds is 8. The zero-order chi connectivity index (χ0) is 17.4. The molecule has 0 radical (unpaired) electrons. The number of anilines is 1. The van der Waals surface area contributed by atoms with Crippen molar-refractivity contribution < 1.29 is 4.74 Å². The second kappa shape index (κ2) is 8.74. The van der Waals surface area contributed by atoms with Crippen LogP contribution in [0.15, 0.2) is 72.6 Å². The molecule has 0 aliphatic heterocycles. The summed E-state index contributed by atoms with van der Waals surface area (Å²) in [7, 11) is 1.03. The first kappa shape index (κ1) is 18.3. The third-order valence-electron chi connectivity index (χ3n) is 4.02. The number of para-hydroxylation sites is 1. The molecule has 0 N–H and O–H groups in total. The molecule has 2 nitrogen and oxygen atoms in total. The van der Waals surface area contributed by atoms with E-state index in [0.717, 1.165) is 6.42 Å². The Hall–Kier alpha value is -2.00. The maximum Gasteiger partial charge on any atom is 0.112 e. The van der Waals surface area contributed by atoms with Gasteiger partial charge in [0.1, 0.15) is 12.9 Å². The van der Waals surface area contributed by atoms with E-state index < -0.39 is 8.07 Å². The quantitative estimate of drug-likeness (QED) is 0.438. The fourth-order valence-electron chi connectivity index (χ4n) is 2.43. The molecule has 0 aliphatic rings. The number of hydrogen-bond donors (Lipinski definition) is 0. The summed E-state index contributed by atoms with van der Waals surface area (Å²) < 4.78 is 5.90. The van der Waals surface area contributed by atoms with Gasteiger partial charge in [-0.2, -0.15) is 0 Å². The third-order valence-corrected chi connectivity index (χ3v) is 5.77. The van der Waals surface area contributed by atoms with E-state index in [-0.39, 0.29) is 0 Å². The Kier molecular flexibility index (Phi) is 6.68. The normalized spacial score (nSPS) is 12.1. The van der Waals surface area contributed by atoms with Gasteiger partial charge in [-0.3, -0.25) is 0 Å². The maximum absolute atomic E-state index is 5.90. The number of ether oxygens (including phenoxy) is 1. The van der Waals surface area contributed by atoms with Crippen LogP contribution < -0.4 is 4.90 Å². The molecule has 3 heteroatoms. The lowest BCUT2D eigenvalue weighted by Gasteiger charge is -2.25. The van der Waals surface area contributed by atoms with Gasteiger partial charge in [-0.1, -0.05) is 74.2 Å². The zero-order valence-electron chi connectivity index (χ0n) is 15.3. The Bertz CT molecular complexity index is 632. The molecule has 0 unspecified atom stereocenters. The molecule has 0 amide bonds. The summed E-state index contributed by atoms with van der Waals surface area (Å²) in [6, 6.07) is 22.0. The summed E-state index contributed by atoms with van der Waals surface area (Å²) in [4.78, 5) is 2.24. The van der Waals surface area contributed by atoms with Crippen LogP contribution in [0.5, 0.6) is 0 Å². The smallest absolute Gasteiger partial charge is 0.112 e. The van der Waals surface area contributed by atoms with Gasteiger partial charge in [0.15, 0.2) is 0 Å². The molecule has 2 aromatic carbocycles. The molecule has 0 aromatic heterocycles. The van der Waals surface area contributed by atoms with E-state index in [1.807, 2.05) is 24.5 Å². The van der Waals surface area contributed by atoms with Gasteiger partial charge in [0.05, 0.1) is 5.70 Å². The molecule has 0 heterocycles. The van der Waals surface area contributed by atoms with E-state index in [2.05, 4.69) is 74.1 Å². The molecule has 24 heavy (non-hydrogen) atoms. The summed E-state index contributed by atoms with van der Waals surface area (Å²) in [5.41, 5.74) is 3.63. The highest BCUT2D eigenvalue weighted by Crippen LogP contribution is 2.23. The highest BCUT2D eigenvalue weighted by Gasteiger charge is 2.16. The van der Waals surface area contributed by atoms with Crippen molar-refractivity contribution in [2.45, 2.75) is 38.7 Å². The largest absolute Gasteiger partial charge is 0.495 e. The second-order valence-corrected chi connectivity index (χ2v) is 13.0. The van der Waals surface area contributed by atoms with E-state index in [1.165, 1.54) is 23.0 Å². The first-order valence-electron chi connectivity index (χ1n) is 8.59. The predicted octanol–water partition coefficient (Wildman–Crippen LogP) is 5.91. The van der Waals surface area contributed by atoms with Gasteiger partial charge in [-0.05, 0) is 24.1 Å². The lowest BCUT2D eigenvalue weighted by Crippen LogP contribution is -2.23. The van der Waals surface area contributed by atoms with E-state index >= 15 is 0 Å². The molecule has 0 spiro atoms. The van der Waals surface area contributed by atoms with Crippen molar-refractivity contribution in [1.82, 2.24) is 0 Å². The number of allylic oxidation sites excluding steroid dienone is 1. The number of nitrogens with zero attached hydrogens (tertiary/aromatic N) is 1. The van der Waals surface area contributed by atoms with Crippen LogP contribution in [0.25, 0.3) is 0 Å². The summed E-state index contributed by atoms with van der Waals surface area (Å²) >= 11 is 0. The first-order chi connectivity index (χ1) is 11.5. The highest BCUT2D eigenvalue weighted by atomic mass is 28.3. The molecule has 128 valence electrons. The SMILES string of the molecule is CN(/C(=C/OCc1ccccc1)CC[Si](C)(C)C)c1ccccc1. The van der Waals surface area contributed by atoms with Crippen molar-refractivity contribution in [3.8, 4) is 0 Å². The molecular weight excluding hydrogens is 310 g/mol. The van der Waals surface area contributed by atoms with Crippen molar-refractivity contribution >= 4 is 13.8 Å². The van der Waals surface area contributed by atoms with E-state index in [1.54, 1.807) is 0 Å². The van der Waals surface area contributed by atoms with Crippen molar-refractivity contribution in [1.29, 1.82) is 0 Å². The monoisotopic (exact) mass is 339 g/mol. The van der Waals surface area contributed by atoms with Crippen LogP contribution in [-0.2, 0) is 11.3 Å². The van der Waals surface area contributed by atoms with E-state index in [9.17, 15) is 0 Å². The average Bonchev–Trinajstić information content (AvgIpc) is 2.58. The Morgan fingerprint density at radius 1 is 0.958 bits per heavy atom. The van der Waals surface area contributed by atoms with Crippen LogP contribution in [0.3, 0.4) is 0 Å². The molecule has 2 rings (SSSR count). The van der Waals surface area contributed by atoms with Crippen LogP contribution in [0.2, 0.25) is 25.7 Å². The van der Waals surface area contributed by atoms with Gasteiger partial charge in [0.2, 0.25) is 0 Å². The summed E-state index contributed by atoms with van der Waals surface area (Å²) in [5.74, 6) is 0. The minimum Gasteiger partial charge on any atom is -0.495 e. The van der Waals surface area contributed by atoms with Gasteiger partial charge in [0.25, 0.3) is 0 Å². The summed E-state index contributed by atoms with van der Waals surface area (Å²) in [6.07, 6.45) is 3.00. The van der Waals surface area contributed by atoms with Gasteiger partial charge >= 0.3 is 0 Å². The molecule has 0 atom stereocenters. The van der Waals surface area contributed by atoms with E-state index in [0.29, 0.717) is 6.61 Å². The lowest BCUT2D eigenvalue weighted by atomic mass is 10.2. The van der Waals surface area contributed by atoms with Crippen molar-refractivity contribution in [3.63, 3.8) is 0 Å². The topological polar surface area (TPSA) is 12.5 Å². The minimum absolute atomic E-state index is 0.611. The lowest BCUT2D eigenvalue weighted by molar-refractivity contribution is 0.232. The molecule has 0 bridgehead atoms. The third kappa shape index (κ3) is 6.24. The Morgan fingerprint density at radius 2 is 1.54 bits per heavy atom. The minimum atomic E-state index is -1.09. The van der Waals surface area contributed by atoms with Crippen molar-refractivity contribution in [2.24, 2.45) is 0 Å². The first-order valence-corrected chi connectivity index (χ1v) is 12.3. The molecule has 0 saturated heterocycles. The molecule has 2 aromatic rings. The van der Waals surface area contributed by atoms with Gasteiger partial charge in [0, 0.05) is 20.8 Å². The second-order valence-electron chi connectivity index (χ2n) is 7.36. The van der Waals surface area contributed by atoms with Crippen LogP contribution in [0, 0.1) is 0 Å². The Morgan fingerprint density at radius 3 is 2.12 bits per heavy atom. The van der Waals surface area contributed by atoms with Crippen LogP contribution >= 0.6 is 0 Å². The van der Waals surface area contributed by atoms with Crippen LogP contribution in [-0.4, -0.2) is 15.1 Å². The molecule has 0 aliphatic carbocycles. The fraction of sp³-hybridized carbons (Fsp3) is 0.333. The zero-order valence-corrected chi connectivity index (χ0v) is 16.3. The Labute approximate surface area is 147 Å². The highest BCUT2D eigenvalue weighted by molar-refractivity contribution is 6.76. The van der Waals surface area contributed by atoms with Gasteiger partial charge in [-0.15, -0.1) is 0 Å². The van der Waals surface area contributed by atoms with Crippen LogP contribution in [0.4, 0.5) is 5.69 Å². The van der Waals surface area contributed by atoms with Crippen molar-refractivity contribution in [3.05, 3.63) is 78.2 Å². The maximum atomic E-state index is 5.90. The summed E-state index contributed by atoms with van der Waals surface area (Å²) in [5, 5.41) is 0. The number of benzene rings is 2. The number of hydrogen-bond acceptors (Lipinski definition) is 2. The van der Waals surface area contributed by atoms with Gasteiger partial charge in [-0.25, -0.2) is 0 Å². The molecule has 0 saturated carbocycles. The van der Waals surface area contributed by atoms with E-state index in [4.69, 9.17) is 4.74 Å². The average molecular weight is 340 g/mol. The molecule has 0 fully saturated rings. The van der Waals surface area contributed by atoms with Crippen molar-refractivity contribution in [2.75, 3.05) is 11.9 Å². The predicted molar refractivity (Wildman–Crippen MR) is 107 cm³/mol. The Balaban J connectivity index is 2.08. The summed E-state index contributed by atoms with van der Waals surface area (Å²) in [6.45, 7) is 7.85. The molecular formula is C21H29NOSi. The standard InChI is InChI=1S/C21H29NOSi/c1-22(20-13-9-6-10-14-20)21(15-16-24(2,3)4)18-23-17-19-11-7-5-8-12-19/h5-14,18H,15-17H2,1-4H3/b21-18+. The van der Waals surface area contributed by atoms with Crippen LogP contribution in [0.1, 0.15) is 12.0 Å².